The quantitative estimate of drug-likeness (QED) is 0.667. The molecule has 1 aliphatic heterocycles. The summed E-state index contributed by atoms with van der Waals surface area (Å²) in [6.07, 6.45) is 0.951. The number of benzene rings is 1. The highest BCUT2D eigenvalue weighted by Crippen LogP contribution is 2.08. The van der Waals surface area contributed by atoms with Crippen molar-refractivity contribution >= 4 is 17.5 Å². The fourth-order valence-electron chi connectivity index (χ4n) is 2.94. The molecule has 1 fully saturated rings. The summed E-state index contributed by atoms with van der Waals surface area (Å²) >= 11 is 5.93. The summed E-state index contributed by atoms with van der Waals surface area (Å²) in [5.41, 5.74) is 1.23. The average Bonchev–Trinajstić information content (AvgIpc) is 2.51. The molecule has 0 aliphatic carbocycles. The molecule has 3 N–H and O–H groups in total. The van der Waals surface area contributed by atoms with Gasteiger partial charge in [0.15, 0.2) is 6.54 Å². The van der Waals surface area contributed by atoms with Gasteiger partial charge in [0.1, 0.15) is 32.7 Å². The van der Waals surface area contributed by atoms with Crippen molar-refractivity contribution in [2.45, 2.75) is 39.3 Å². The number of piperazine rings is 1. The van der Waals surface area contributed by atoms with Crippen molar-refractivity contribution in [1.29, 1.82) is 0 Å². The van der Waals surface area contributed by atoms with Crippen LogP contribution in [-0.2, 0) is 11.3 Å². The Balaban J connectivity index is 1.73. The molecule has 1 aliphatic rings. The van der Waals surface area contributed by atoms with Gasteiger partial charge in [-0.25, -0.2) is 0 Å². The van der Waals surface area contributed by atoms with Crippen molar-refractivity contribution in [2.24, 2.45) is 0 Å². The van der Waals surface area contributed by atoms with Gasteiger partial charge in [-0.3, -0.25) is 4.79 Å². The van der Waals surface area contributed by atoms with Gasteiger partial charge in [-0.15, -0.1) is 0 Å². The van der Waals surface area contributed by atoms with E-state index in [0.29, 0.717) is 6.54 Å². The van der Waals surface area contributed by atoms with Crippen LogP contribution in [0.25, 0.3) is 0 Å². The Morgan fingerprint density at radius 2 is 1.70 bits per heavy atom. The van der Waals surface area contributed by atoms with E-state index in [2.05, 4.69) is 38.2 Å². The Morgan fingerprint density at radius 3 is 2.26 bits per heavy atom. The number of halogens is 1. The zero-order valence-electron chi connectivity index (χ0n) is 14.5. The van der Waals surface area contributed by atoms with Crippen LogP contribution in [-0.4, -0.2) is 44.2 Å². The van der Waals surface area contributed by atoms with E-state index in [1.165, 1.54) is 10.5 Å². The standard InChI is InChI=1S/C18H28ClN3O/c1-4-18(2,3)20-17(23)14-22-11-9-21(10-12-22)13-15-5-7-16(19)8-6-15/h5-8H,4,9-14H2,1-3H3,(H,20,23)/p+2. The molecular weight excluding hydrogens is 310 g/mol. The summed E-state index contributed by atoms with van der Waals surface area (Å²) in [6.45, 7) is 12.2. The minimum absolute atomic E-state index is 0.0990. The molecule has 1 heterocycles. The molecule has 2 rings (SSSR count). The van der Waals surface area contributed by atoms with Crippen LogP contribution in [0.4, 0.5) is 0 Å². The predicted molar refractivity (Wildman–Crippen MR) is 93.9 cm³/mol. The third-order valence-corrected chi connectivity index (χ3v) is 5.06. The lowest BCUT2D eigenvalue weighted by Crippen LogP contribution is -3.28. The second-order valence-corrected chi connectivity index (χ2v) is 7.70. The average molecular weight is 340 g/mol. The summed E-state index contributed by atoms with van der Waals surface area (Å²) in [5, 5.41) is 3.92. The molecule has 1 saturated heterocycles. The fourth-order valence-corrected chi connectivity index (χ4v) is 3.06. The molecule has 1 aromatic carbocycles. The highest BCUT2D eigenvalue weighted by Gasteiger charge is 2.26. The summed E-state index contributed by atoms with van der Waals surface area (Å²) in [5.74, 6) is 0.174. The Hall–Kier alpha value is -1.10. The van der Waals surface area contributed by atoms with E-state index >= 15 is 0 Å². The molecule has 0 bridgehead atoms. The van der Waals surface area contributed by atoms with E-state index in [1.54, 1.807) is 4.90 Å². The van der Waals surface area contributed by atoms with E-state index in [9.17, 15) is 4.79 Å². The molecule has 1 aromatic rings. The smallest absolute Gasteiger partial charge is 0.275 e. The molecule has 128 valence electrons. The summed E-state index contributed by atoms with van der Waals surface area (Å²) < 4.78 is 0. The minimum atomic E-state index is -0.0990. The van der Waals surface area contributed by atoms with E-state index in [0.717, 1.165) is 44.2 Å². The Morgan fingerprint density at radius 1 is 1.13 bits per heavy atom. The molecule has 23 heavy (non-hydrogen) atoms. The topological polar surface area (TPSA) is 38.0 Å². The zero-order valence-corrected chi connectivity index (χ0v) is 15.3. The highest BCUT2D eigenvalue weighted by molar-refractivity contribution is 6.30. The van der Waals surface area contributed by atoms with Crippen LogP contribution < -0.4 is 15.1 Å². The number of hydrogen-bond donors (Lipinski definition) is 3. The first-order valence-electron chi connectivity index (χ1n) is 8.60. The molecule has 0 aromatic heterocycles. The van der Waals surface area contributed by atoms with Gasteiger partial charge in [-0.2, -0.15) is 0 Å². The van der Waals surface area contributed by atoms with Gasteiger partial charge in [0.2, 0.25) is 0 Å². The van der Waals surface area contributed by atoms with Crippen LogP contribution in [0.1, 0.15) is 32.8 Å². The van der Waals surface area contributed by atoms with Crippen molar-refractivity contribution in [1.82, 2.24) is 5.32 Å². The van der Waals surface area contributed by atoms with Gasteiger partial charge in [-0.05, 0) is 32.4 Å². The van der Waals surface area contributed by atoms with Crippen LogP contribution >= 0.6 is 11.6 Å². The third kappa shape index (κ3) is 6.13. The largest absolute Gasteiger partial charge is 0.346 e. The van der Waals surface area contributed by atoms with Crippen LogP contribution in [0.3, 0.4) is 0 Å². The first-order chi connectivity index (χ1) is 10.9. The fraction of sp³-hybridized carbons (Fsp3) is 0.611. The molecule has 5 heteroatoms. The maximum absolute atomic E-state index is 12.1. The Kier molecular flexibility index (Phi) is 6.45. The van der Waals surface area contributed by atoms with Gasteiger partial charge in [-0.1, -0.05) is 30.7 Å². The van der Waals surface area contributed by atoms with Gasteiger partial charge in [0.05, 0.1) is 0 Å². The lowest BCUT2D eigenvalue weighted by molar-refractivity contribution is -1.02. The van der Waals surface area contributed by atoms with Crippen molar-refractivity contribution in [3.8, 4) is 0 Å². The van der Waals surface area contributed by atoms with Crippen molar-refractivity contribution in [3.05, 3.63) is 34.9 Å². The second kappa shape index (κ2) is 8.13. The SMILES string of the molecule is CCC(C)(C)NC(=O)C[NH+]1CC[NH+](Cc2ccc(Cl)cc2)CC1. The Labute approximate surface area is 144 Å². The number of amides is 1. The number of carbonyl (C=O) groups is 1. The van der Waals surface area contributed by atoms with Crippen LogP contribution in [0.15, 0.2) is 24.3 Å². The summed E-state index contributed by atoms with van der Waals surface area (Å²) in [6, 6.07) is 8.12. The van der Waals surface area contributed by atoms with Crippen LogP contribution in [0.2, 0.25) is 5.02 Å². The number of nitrogens with one attached hydrogen (secondary N) is 3. The number of rotatable bonds is 6. The van der Waals surface area contributed by atoms with Crippen LogP contribution in [0, 0.1) is 0 Å². The third-order valence-electron chi connectivity index (χ3n) is 4.80. The molecule has 0 spiro atoms. The molecule has 1 amide bonds. The zero-order chi connectivity index (χ0) is 16.9. The lowest BCUT2D eigenvalue weighted by atomic mass is 10.0. The Bertz CT molecular complexity index is 508. The molecule has 0 saturated carbocycles. The van der Waals surface area contributed by atoms with E-state index in [4.69, 9.17) is 11.6 Å². The van der Waals surface area contributed by atoms with Gasteiger partial charge >= 0.3 is 0 Å². The molecular formula is C18H30ClN3O+2. The number of quaternary nitrogens is 2. The van der Waals surface area contributed by atoms with E-state index < -0.39 is 0 Å². The molecule has 0 radical (unpaired) electrons. The predicted octanol–water partition coefficient (Wildman–Crippen LogP) is -0.0718. The maximum atomic E-state index is 12.1. The maximum Gasteiger partial charge on any atom is 0.275 e. The minimum Gasteiger partial charge on any atom is -0.346 e. The monoisotopic (exact) mass is 339 g/mol. The summed E-state index contributed by atoms with van der Waals surface area (Å²) in [7, 11) is 0. The highest BCUT2D eigenvalue weighted by atomic mass is 35.5. The first kappa shape index (κ1) is 18.2. The van der Waals surface area contributed by atoms with Crippen molar-refractivity contribution in [3.63, 3.8) is 0 Å². The normalized spacial score (nSPS) is 21.9. The van der Waals surface area contributed by atoms with Crippen LogP contribution in [0.5, 0.6) is 0 Å². The lowest BCUT2D eigenvalue weighted by Gasteiger charge is -2.31. The van der Waals surface area contributed by atoms with Crippen molar-refractivity contribution < 1.29 is 14.6 Å². The number of hydrogen-bond acceptors (Lipinski definition) is 1. The molecule has 4 nitrogen and oxygen atoms in total. The second-order valence-electron chi connectivity index (χ2n) is 7.27. The summed E-state index contributed by atoms with van der Waals surface area (Å²) in [4.78, 5) is 15.1. The number of carbonyl (C=O) groups excluding carboxylic acids is 1. The van der Waals surface area contributed by atoms with E-state index in [-0.39, 0.29) is 11.4 Å². The van der Waals surface area contributed by atoms with Gasteiger partial charge in [0, 0.05) is 16.1 Å². The molecule has 0 unspecified atom stereocenters. The first-order valence-corrected chi connectivity index (χ1v) is 8.98. The van der Waals surface area contributed by atoms with Gasteiger partial charge in [0.25, 0.3) is 5.91 Å². The van der Waals surface area contributed by atoms with Gasteiger partial charge < -0.3 is 15.1 Å². The van der Waals surface area contributed by atoms with Crippen molar-refractivity contribution in [2.75, 3.05) is 32.7 Å². The van der Waals surface area contributed by atoms with E-state index in [1.807, 2.05) is 12.1 Å². The molecule has 0 atom stereocenters.